The topological polar surface area (TPSA) is 23.9 Å². The lowest BCUT2D eigenvalue weighted by atomic mass is 9.77. The van der Waals surface area contributed by atoms with Gasteiger partial charge in [0, 0.05) is 0 Å². The highest BCUT2D eigenvalue weighted by Crippen LogP contribution is 2.37. The molecule has 2 heteroatoms. The first-order valence-electron chi connectivity index (χ1n) is 7.90. The number of unbranched alkanes of at least 4 members (excludes halogenated alkanes) is 2. The van der Waals surface area contributed by atoms with E-state index in [4.69, 9.17) is 5.41 Å². The Balaban J connectivity index is 0.000000612. The zero-order valence-corrected chi connectivity index (χ0v) is 13.4. The summed E-state index contributed by atoms with van der Waals surface area (Å²) in [4.78, 5) is 0. The van der Waals surface area contributed by atoms with Crippen molar-refractivity contribution in [3.63, 3.8) is 0 Å². The maximum absolute atomic E-state index is 5.77. The summed E-state index contributed by atoms with van der Waals surface area (Å²) >= 11 is 3.81. The Morgan fingerprint density at radius 3 is 2.25 bits per heavy atom. The molecular formula is C18H27NS. The highest BCUT2D eigenvalue weighted by molar-refractivity contribution is 7.78. The Labute approximate surface area is 129 Å². The van der Waals surface area contributed by atoms with Crippen molar-refractivity contribution < 1.29 is 0 Å². The minimum atomic E-state index is 0.846. The Morgan fingerprint density at radius 1 is 1.10 bits per heavy atom. The molecule has 0 heterocycles. The van der Waals surface area contributed by atoms with E-state index in [0.717, 1.165) is 11.8 Å². The van der Waals surface area contributed by atoms with Gasteiger partial charge in [-0.15, -0.1) is 0 Å². The summed E-state index contributed by atoms with van der Waals surface area (Å²) in [5.41, 5.74) is 1.57. The molecule has 1 aromatic carbocycles. The molecule has 0 atom stereocenters. The van der Waals surface area contributed by atoms with Crippen molar-refractivity contribution in [1.29, 1.82) is 5.41 Å². The zero-order chi connectivity index (χ0) is 14.6. The number of thiocarbonyl (C=S) groups is 1. The smallest absolute Gasteiger partial charge is 0.0554 e. The van der Waals surface area contributed by atoms with E-state index >= 15 is 0 Å². The van der Waals surface area contributed by atoms with Gasteiger partial charge < -0.3 is 0 Å². The predicted molar refractivity (Wildman–Crippen MR) is 90.6 cm³/mol. The molecule has 1 N–H and O–H groups in total. The Bertz CT molecular complexity index is 374. The van der Waals surface area contributed by atoms with Crippen LogP contribution in [0.3, 0.4) is 0 Å². The second kappa shape index (κ2) is 10.8. The van der Waals surface area contributed by atoms with E-state index in [1.54, 1.807) is 10.7 Å². The van der Waals surface area contributed by atoms with Crippen LogP contribution in [0.5, 0.6) is 0 Å². The van der Waals surface area contributed by atoms with Gasteiger partial charge in [-0.3, -0.25) is 0 Å². The standard InChI is InChI=1S/C17H26.CHNS/c1-2-3-5-8-15-11-13-17(14-12-15)16-9-6-4-7-10-16;2-1-3/h4,6-7,9-10,15,17H,2-3,5,8,11-14H2,1H3;2H/t15-,17-;. The maximum atomic E-state index is 5.77. The van der Waals surface area contributed by atoms with Crippen LogP contribution in [0.25, 0.3) is 0 Å². The number of hydrogen-bond donors (Lipinski definition) is 1. The summed E-state index contributed by atoms with van der Waals surface area (Å²) < 4.78 is 0. The molecule has 0 radical (unpaired) electrons. The van der Waals surface area contributed by atoms with E-state index in [-0.39, 0.29) is 0 Å². The average Bonchev–Trinajstić information content (AvgIpc) is 2.50. The Morgan fingerprint density at radius 2 is 1.70 bits per heavy atom. The van der Waals surface area contributed by atoms with Crippen molar-refractivity contribution in [2.75, 3.05) is 0 Å². The summed E-state index contributed by atoms with van der Waals surface area (Å²) in [6.45, 7) is 2.30. The molecule has 0 aliphatic heterocycles. The quantitative estimate of drug-likeness (QED) is 0.389. The summed E-state index contributed by atoms with van der Waals surface area (Å²) in [6, 6.07) is 11.1. The van der Waals surface area contributed by atoms with Gasteiger partial charge in [-0.2, -0.15) is 0 Å². The van der Waals surface area contributed by atoms with Crippen LogP contribution in [0.1, 0.15) is 69.8 Å². The molecule has 0 amide bonds. The van der Waals surface area contributed by atoms with E-state index in [9.17, 15) is 0 Å². The van der Waals surface area contributed by atoms with Crippen LogP contribution >= 0.6 is 12.2 Å². The monoisotopic (exact) mass is 289 g/mol. The van der Waals surface area contributed by atoms with Gasteiger partial charge in [-0.1, -0.05) is 62.9 Å². The number of rotatable bonds is 5. The van der Waals surface area contributed by atoms with E-state index in [1.165, 1.54) is 51.4 Å². The minimum Gasteiger partial charge on any atom is -0.248 e. The molecule has 110 valence electrons. The Hall–Kier alpha value is -0.980. The molecule has 1 fully saturated rings. The number of hydrogen-bond acceptors (Lipinski definition) is 2. The molecule has 0 spiro atoms. The normalized spacial score (nSPS) is 21.4. The molecular weight excluding hydrogens is 262 g/mol. The Kier molecular flexibility index (Phi) is 9.19. The van der Waals surface area contributed by atoms with Crippen LogP contribution in [0.4, 0.5) is 0 Å². The van der Waals surface area contributed by atoms with Crippen LogP contribution in [0.2, 0.25) is 0 Å². The second-order valence-electron chi connectivity index (χ2n) is 5.73. The van der Waals surface area contributed by atoms with Gasteiger partial charge >= 0.3 is 0 Å². The van der Waals surface area contributed by atoms with Gasteiger partial charge in [0.2, 0.25) is 0 Å². The van der Waals surface area contributed by atoms with Crippen molar-refractivity contribution in [2.24, 2.45) is 5.92 Å². The number of benzene rings is 1. The zero-order valence-electron chi connectivity index (χ0n) is 12.6. The summed E-state index contributed by atoms with van der Waals surface area (Å²) in [5.74, 6) is 1.88. The lowest BCUT2D eigenvalue weighted by Crippen LogP contribution is -2.13. The molecule has 0 bridgehead atoms. The number of isothiocyanates is 1. The van der Waals surface area contributed by atoms with Crippen LogP contribution in [0.15, 0.2) is 30.3 Å². The SMILES string of the molecule is CCCCC[C@H]1CC[C@H](c2ccccc2)CC1.N=C=S. The first-order valence-corrected chi connectivity index (χ1v) is 8.31. The van der Waals surface area contributed by atoms with Gasteiger partial charge in [0.25, 0.3) is 0 Å². The van der Waals surface area contributed by atoms with Gasteiger partial charge in [0.05, 0.1) is 5.16 Å². The van der Waals surface area contributed by atoms with Crippen molar-refractivity contribution in [1.82, 2.24) is 0 Å². The van der Waals surface area contributed by atoms with E-state index in [1.807, 2.05) is 0 Å². The third-order valence-corrected chi connectivity index (χ3v) is 4.33. The molecule has 2 rings (SSSR count). The fourth-order valence-electron chi connectivity index (χ4n) is 3.19. The van der Waals surface area contributed by atoms with E-state index in [2.05, 4.69) is 49.5 Å². The lowest BCUT2D eigenvalue weighted by Gasteiger charge is -2.28. The highest BCUT2D eigenvalue weighted by Gasteiger charge is 2.21. The van der Waals surface area contributed by atoms with Crippen LogP contribution in [0, 0.1) is 11.3 Å². The van der Waals surface area contributed by atoms with E-state index in [0.29, 0.717) is 0 Å². The largest absolute Gasteiger partial charge is 0.248 e. The maximum Gasteiger partial charge on any atom is 0.0554 e. The molecule has 1 saturated carbocycles. The van der Waals surface area contributed by atoms with Crippen molar-refractivity contribution in [3.05, 3.63) is 35.9 Å². The van der Waals surface area contributed by atoms with Gasteiger partial charge in [-0.25, -0.2) is 5.41 Å². The average molecular weight is 289 g/mol. The first kappa shape index (κ1) is 17.1. The number of nitrogens with one attached hydrogen (secondary N) is 1. The molecule has 0 saturated heterocycles. The first-order chi connectivity index (χ1) is 9.81. The third-order valence-electron chi connectivity index (χ3n) is 4.33. The predicted octanol–water partition coefficient (Wildman–Crippen LogP) is 6.21. The molecule has 20 heavy (non-hydrogen) atoms. The molecule has 0 aromatic heterocycles. The van der Waals surface area contributed by atoms with Crippen molar-refractivity contribution in [2.45, 2.75) is 64.2 Å². The minimum absolute atomic E-state index is 0.846. The summed E-state index contributed by atoms with van der Waals surface area (Å²) in [6.07, 6.45) is 11.5. The van der Waals surface area contributed by atoms with Gasteiger partial charge in [-0.05, 0) is 55.3 Å². The van der Waals surface area contributed by atoms with Crippen LogP contribution in [-0.2, 0) is 0 Å². The summed E-state index contributed by atoms with van der Waals surface area (Å²) in [7, 11) is 0. The molecule has 1 aliphatic rings. The van der Waals surface area contributed by atoms with Crippen LogP contribution in [-0.4, -0.2) is 5.16 Å². The fourth-order valence-corrected chi connectivity index (χ4v) is 3.19. The highest BCUT2D eigenvalue weighted by atomic mass is 32.1. The molecule has 1 aliphatic carbocycles. The van der Waals surface area contributed by atoms with Gasteiger partial charge in [0.1, 0.15) is 0 Å². The summed E-state index contributed by atoms with van der Waals surface area (Å²) in [5, 5.41) is 7.36. The lowest BCUT2D eigenvalue weighted by molar-refractivity contribution is 0.303. The molecule has 1 aromatic rings. The third kappa shape index (κ3) is 6.45. The second-order valence-corrected chi connectivity index (χ2v) is 5.93. The molecule has 1 nitrogen and oxygen atoms in total. The molecule has 0 unspecified atom stereocenters. The van der Waals surface area contributed by atoms with Crippen molar-refractivity contribution in [3.8, 4) is 0 Å². The van der Waals surface area contributed by atoms with Crippen molar-refractivity contribution >= 4 is 17.4 Å². The van der Waals surface area contributed by atoms with Crippen LogP contribution < -0.4 is 0 Å². The van der Waals surface area contributed by atoms with E-state index < -0.39 is 0 Å². The fraction of sp³-hybridized carbons (Fsp3) is 0.611. The van der Waals surface area contributed by atoms with Gasteiger partial charge in [0.15, 0.2) is 0 Å².